The zero-order valence-electron chi connectivity index (χ0n) is 27.0. The van der Waals surface area contributed by atoms with Crippen LogP contribution in [-0.2, 0) is 57.2 Å². The maximum Gasteiger partial charge on any atom is 0.379 e. The van der Waals surface area contributed by atoms with Gasteiger partial charge in [-0.15, -0.1) is 0 Å². The molecule has 1 unspecified atom stereocenters. The van der Waals surface area contributed by atoms with Gasteiger partial charge in [0, 0.05) is 46.0 Å². The van der Waals surface area contributed by atoms with E-state index in [0.717, 1.165) is 41.7 Å². The van der Waals surface area contributed by atoms with Gasteiger partial charge >= 0.3 is 35.6 Å². The molecule has 1 saturated heterocycles. The molecule has 16 nitrogen and oxygen atoms in total. The normalized spacial score (nSPS) is 21.6. The molecule has 1 aromatic heterocycles. The second-order valence-corrected chi connectivity index (χ2v) is 11.9. The average molecular weight is 762 g/mol. The number of hydrogen-bond acceptors (Lipinski definition) is 14. The van der Waals surface area contributed by atoms with Crippen molar-refractivity contribution in [1.29, 1.82) is 0 Å². The van der Waals surface area contributed by atoms with Crippen molar-refractivity contribution in [2.24, 2.45) is 0 Å². The number of hydrogen-bond donors (Lipinski definition) is 1. The molecule has 1 fully saturated rings. The molecule has 48 heavy (non-hydrogen) atoms. The van der Waals surface area contributed by atoms with Crippen molar-refractivity contribution < 1.29 is 66.7 Å². The lowest BCUT2D eigenvalue weighted by Gasteiger charge is -2.48. The van der Waals surface area contributed by atoms with Crippen molar-refractivity contribution in [3.63, 3.8) is 0 Å². The Bertz CT molecular complexity index is 1630. The number of carbonyl (C=O) groups is 7. The number of amides is 1. The van der Waals surface area contributed by atoms with Gasteiger partial charge in [0.2, 0.25) is 11.8 Å². The minimum atomic E-state index is -2.57. The molecule has 1 aliphatic rings. The van der Waals surface area contributed by atoms with E-state index < -0.39 is 90.9 Å². The first-order valence-corrected chi connectivity index (χ1v) is 15.4. The third-order valence-electron chi connectivity index (χ3n) is 6.93. The topological polar surface area (TPSA) is 201 Å². The monoisotopic (exact) mass is 760 g/mol. The molecule has 0 radical (unpaired) electrons. The lowest BCUT2D eigenvalue weighted by Crippen LogP contribution is -2.70. The largest absolute Gasteiger partial charge is 0.464 e. The number of fused-ring (bicyclic) bond motifs is 1. The Morgan fingerprint density at radius 1 is 1.00 bits per heavy atom. The number of aromatic nitrogens is 1. The highest BCUT2D eigenvalue weighted by Gasteiger charge is 2.60. The van der Waals surface area contributed by atoms with Crippen LogP contribution in [-0.4, -0.2) is 96.2 Å². The van der Waals surface area contributed by atoms with Crippen molar-refractivity contribution in [1.82, 2.24) is 9.88 Å². The van der Waals surface area contributed by atoms with Gasteiger partial charge in [0.15, 0.2) is 18.0 Å². The Morgan fingerprint density at radius 3 is 2.17 bits per heavy atom. The van der Waals surface area contributed by atoms with Gasteiger partial charge in [-0.2, -0.15) is 0 Å². The minimum Gasteiger partial charge on any atom is -0.464 e. The molecule has 1 amide bonds. The Balaban J connectivity index is 2.35. The molecule has 0 saturated carbocycles. The van der Waals surface area contributed by atoms with E-state index in [0.29, 0.717) is 9.99 Å². The predicted molar refractivity (Wildman–Crippen MR) is 167 cm³/mol. The molecule has 2 heterocycles. The van der Waals surface area contributed by atoms with Gasteiger partial charge in [0.25, 0.3) is 0 Å². The molecular formula is C30H34BrClN2O14. The molecule has 2 aromatic rings. The molecule has 0 aliphatic carbocycles. The number of rotatable bonds is 11. The number of benzene rings is 1. The van der Waals surface area contributed by atoms with E-state index in [1.54, 1.807) is 12.1 Å². The van der Waals surface area contributed by atoms with Gasteiger partial charge in [0.05, 0.1) is 41.7 Å². The third-order valence-corrected chi connectivity index (χ3v) is 8.22. The SMILES string of the molecule is COC(=O)[C@@]1(Oc2cn(C(C)=O)c3ccc(Br)c(Cl)c23)C[C@H](OC(C)=O)C(NC(C)=O)[C@H]([C@H](OC(C)=O)[C@H](COC(C)=O)OC(C)=O)O1. The Morgan fingerprint density at radius 2 is 1.65 bits per heavy atom. The lowest BCUT2D eigenvalue weighted by molar-refractivity contribution is -0.289. The first kappa shape index (κ1) is 38.2. The van der Waals surface area contributed by atoms with E-state index in [4.69, 9.17) is 44.8 Å². The van der Waals surface area contributed by atoms with Crippen molar-refractivity contribution >= 4 is 80.1 Å². The summed E-state index contributed by atoms with van der Waals surface area (Å²) in [6, 6.07) is 1.76. The van der Waals surface area contributed by atoms with Gasteiger partial charge in [-0.25, -0.2) is 4.79 Å². The van der Waals surface area contributed by atoms with E-state index in [2.05, 4.69) is 21.2 Å². The maximum atomic E-state index is 13.8. The number of nitrogens with zero attached hydrogens (tertiary/aromatic N) is 1. The van der Waals surface area contributed by atoms with Crippen LogP contribution in [0.3, 0.4) is 0 Å². The molecule has 1 aliphatic heterocycles. The highest BCUT2D eigenvalue weighted by Crippen LogP contribution is 2.43. The summed E-state index contributed by atoms with van der Waals surface area (Å²) in [5.74, 6) is -8.49. The second-order valence-electron chi connectivity index (χ2n) is 10.7. The maximum absolute atomic E-state index is 13.8. The van der Waals surface area contributed by atoms with Crippen molar-refractivity contribution in [2.45, 2.75) is 84.2 Å². The van der Waals surface area contributed by atoms with Crippen LogP contribution < -0.4 is 10.1 Å². The van der Waals surface area contributed by atoms with Crippen LogP contribution in [0.2, 0.25) is 5.02 Å². The molecule has 1 N–H and O–H groups in total. The minimum absolute atomic E-state index is 0.0941. The first-order valence-electron chi connectivity index (χ1n) is 14.3. The summed E-state index contributed by atoms with van der Waals surface area (Å²) in [4.78, 5) is 87.6. The Hall–Kier alpha value is -4.22. The molecule has 0 spiro atoms. The van der Waals surface area contributed by atoms with Crippen LogP contribution in [0.5, 0.6) is 5.75 Å². The van der Waals surface area contributed by atoms with E-state index >= 15 is 0 Å². The van der Waals surface area contributed by atoms with Crippen LogP contribution >= 0.6 is 27.5 Å². The van der Waals surface area contributed by atoms with E-state index in [1.165, 1.54) is 17.7 Å². The summed E-state index contributed by atoms with van der Waals surface area (Å²) in [7, 11) is 1.01. The van der Waals surface area contributed by atoms with Gasteiger partial charge in [-0.1, -0.05) is 11.6 Å². The summed E-state index contributed by atoms with van der Waals surface area (Å²) >= 11 is 9.95. The fourth-order valence-electron chi connectivity index (χ4n) is 5.25. The van der Waals surface area contributed by atoms with Crippen molar-refractivity contribution in [2.75, 3.05) is 13.7 Å². The van der Waals surface area contributed by atoms with Gasteiger partial charge < -0.3 is 38.5 Å². The highest BCUT2D eigenvalue weighted by molar-refractivity contribution is 9.10. The Labute approximate surface area is 287 Å². The number of esters is 5. The summed E-state index contributed by atoms with van der Waals surface area (Å²) in [6.07, 6.45) is -5.91. The molecule has 3 rings (SSSR count). The number of methoxy groups -OCH3 is 1. The van der Waals surface area contributed by atoms with E-state index in [-0.39, 0.29) is 16.2 Å². The summed E-state index contributed by atoms with van der Waals surface area (Å²) in [6.45, 7) is 5.95. The fourth-order valence-corrected chi connectivity index (χ4v) is 5.83. The predicted octanol–water partition coefficient (Wildman–Crippen LogP) is 2.62. The van der Waals surface area contributed by atoms with Crippen LogP contribution in [0.1, 0.15) is 52.8 Å². The van der Waals surface area contributed by atoms with Crippen LogP contribution in [0, 0.1) is 0 Å². The molecular weight excluding hydrogens is 728 g/mol. The molecule has 18 heteroatoms. The smallest absolute Gasteiger partial charge is 0.379 e. The molecule has 6 atom stereocenters. The van der Waals surface area contributed by atoms with Crippen molar-refractivity contribution in [3.8, 4) is 5.75 Å². The Kier molecular flexibility index (Phi) is 12.6. The van der Waals surface area contributed by atoms with E-state index in [1.807, 2.05) is 0 Å². The van der Waals surface area contributed by atoms with Gasteiger partial charge in [0.1, 0.15) is 18.8 Å². The summed E-state index contributed by atoms with van der Waals surface area (Å²) < 4.78 is 40.8. The lowest BCUT2D eigenvalue weighted by atomic mass is 9.88. The van der Waals surface area contributed by atoms with Crippen LogP contribution in [0.4, 0.5) is 0 Å². The van der Waals surface area contributed by atoms with Crippen LogP contribution in [0.25, 0.3) is 10.9 Å². The number of nitrogens with one attached hydrogen (secondary N) is 1. The summed E-state index contributed by atoms with van der Waals surface area (Å²) in [5.41, 5.74) is 0.292. The number of carbonyl (C=O) groups excluding carboxylic acids is 7. The number of ether oxygens (including phenoxy) is 7. The fraction of sp³-hybridized carbons (Fsp3) is 0.500. The van der Waals surface area contributed by atoms with Crippen molar-refractivity contribution in [3.05, 3.63) is 27.8 Å². The second kappa shape index (κ2) is 15.8. The average Bonchev–Trinajstić information content (AvgIpc) is 3.34. The highest BCUT2D eigenvalue weighted by atomic mass is 79.9. The zero-order chi connectivity index (χ0) is 36.1. The molecule has 1 aromatic carbocycles. The third kappa shape index (κ3) is 8.82. The number of halogens is 2. The van der Waals surface area contributed by atoms with Gasteiger partial charge in [-0.05, 0) is 28.1 Å². The van der Waals surface area contributed by atoms with Crippen LogP contribution in [0.15, 0.2) is 22.8 Å². The zero-order valence-corrected chi connectivity index (χ0v) is 29.3. The standard InChI is InChI=1S/C30H34BrClN2O14/c1-13(35)33-26-21(44-16(4)38)10-30(29(41)42-7,47-22-11-34(14(2)36)20-9-8-19(31)25(32)24(20)22)48-28(26)27(46-18(6)40)23(45-17(5)39)12-43-15(3)37/h8-9,11,21,23,26-28H,10,12H2,1-7H3,(H,33,35)/t21-,23-,26?,27+,28+,30+/m0/s1. The summed E-state index contributed by atoms with van der Waals surface area (Å²) in [5, 5.41) is 2.84. The first-order chi connectivity index (χ1) is 22.4. The van der Waals surface area contributed by atoms with Gasteiger partial charge in [-0.3, -0.25) is 33.3 Å². The van der Waals surface area contributed by atoms with E-state index in [9.17, 15) is 33.6 Å². The molecule has 262 valence electrons. The quantitative estimate of drug-likeness (QED) is 0.259. The molecule has 0 bridgehead atoms.